The number of carboxylic acid groups (broad SMARTS) is 1. The first-order chi connectivity index (χ1) is 9.67. The smallest absolute Gasteiger partial charge is 0.307 e. The molecule has 1 fully saturated rings. The summed E-state index contributed by atoms with van der Waals surface area (Å²) in [5, 5.41) is 9.37. The number of carbonyl (C=O) groups is 2. The van der Waals surface area contributed by atoms with Gasteiger partial charge in [-0.25, -0.2) is 4.39 Å². The third-order valence-corrected chi connectivity index (χ3v) is 4.55. The average Bonchev–Trinajstić information content (AvgIpc) is 2.96. The van der Waals surface area contributed by atoms with Crippen LogP contribution in [0.15, 0.2) is 18.2 Å². The Hall–Kier alpha value is -1.62. The van der Waals surface area contributed by atoms with Crippen molar-refractivity contribution in [3.63, 3.8) is 0 Å². The van der Waals surface area contributed by atoms with Gasteiger partial charge in [0.25, 0.3) is 0 Å². The van der Waals surface area contributed by atoms with Crippen LogP contribution < -0.4 is 0 Å². The van der Waals surface area contributed by atoms with Crippen LogP contribution in [-0.4, -0.2) is 28.9 Å². The summed E-state index contributed by atoms with van der Waals surface area (Å²) in [6.45, 7) is 3.51. The van der Waals surface area contributed by atoms with Crippen LogP contribution in [0.1, 0.15) is 19.4 Å². The van der Waals surface area contributed by atoms with Gasteiger partial charge < -0.3 is 10.0 Å². The Morgan fingerprint density at radius 3 is 2.48 bits per heavy atom. The molecule has 0 radical (unpaired) electrons. The Morgan fingerprint density at radius 1 is 1.38 bits per heavy atom. The van der Waals surface area contributed by atoms with E-state index in [2.05, 4.69) is 0 Å². The van der Waals surface area contributed by atoms with Crippen LogP contribution in [0, 0.1) is 23.1 Å². The molecule has 1 aromatic rings. The number of hydrogen-bond donors (Lipinski definition) is 1. The van der Waals surface area contributed by atoms with Crippen molar-refractivity contribution in [3.05, 3.63) is 34.6 Å². The standard InChI is InChI=1S/C15H17ClFNO3/c1-15(2)11(12(15)14(20)21)13(19)18(3)7-8-9(16)5-4-6-10(8)17/h4-6,11-12H,7H2,1-3H3,(H,20,21). The van der Waals surface area contributed by atoms with E-state index < -0.39 is 29.0 Å². The first-order valence-corrected chi connectivity index (χ1v) is 6.96. The summed E-state index contributed by atoms with van der Waals surface area (Å²) in [5.41, 5.74) is -0.337. The first-order valence-electron chi connectivity index (χ1n) is 6.58. The predicted octanol–water partition coefficient (Wildman–Crippen LogP) is 2.79. The van der Waals surface area contributed by atoms with Gasteiger partial charge in [-0.1, -0.05) is 31.5 Å². The number of carbonyl (C=O) groups excluding carboxylic acids is 1. The number of rotatable bonds is 4. The van der Waals surface area contributed by atoms with E-state index in [1.165, 1.54) is 24.1 Å². The molecular formula is C15H17ClFNO3. The monoisotopic (exact) mass is 313 g/mol. The summed E-state index contributed by atoms with van der Waals surface area (Å²) in [7, 11) is 1.53. The maximum Gasteiger partial charge on any atom is 0.307 e. The van der Waals surface area contributed by atoms with E-state index in [4.69, 9.17) is 16.7 Å². The molecule has 0 heterocycles. The lowest BCUT2D eigenvalue weighted by Crippen LogP contribution is -2.30. The van der Waals surface area contributed by atoms with Crippen LogP contribution >= 0.6 is 11.6 Å². The molecule has 114 valence electrons. The fourth-order valence-corrected chi connectivity index (χ4v) is 3.02. The Morgan fingerprint density at radius 2 is 2.00 bits per heavy atom. The fraction of sp³-hybridized carbons (Fsp3) is 0.467. The van der Waals surface area contributed by atoms with Gasteiger partial charge >= 0.3 is 5.97 Å². The number of nitrogens with zero attached hydrogens (tertiary/aromatic N) is 1. The quantitative estimate of drug-likeness (QED) is 0.930. The number of amides is 1. The zero-order valence-corrected chi connectivity index (χ0v) is 12.8. The summed E-state index contributed by atoms with van der Waals surface area (Å²) in [6, 6.07) is 4.33. The Kier molecular flexibility index (Phi) is 3.97. The van der Waals surface area contributed by atoms with Gasteiger partial charge in [-0.2, -0.15) is 0 Å². The number of benzene rings is 1. The molecule has 1 amide bonds. The molecule has 2 unspecified atom stereocenters. The molecule has 4 nitrogen and oxygen atoms in total. The second kappa shape index (κ2) is 5.30. The summed E-state index contributed by atoms with van der Waals surface area (Å²) in [4.78, 5) is 24.8. The Labute approximate surface area is 127 Å². The van der Waals surface area contributed by atoms with Gasteiger partial charge in [0.15, 0.2) is 0 Å². The number of aliphatic carboxylic acids is 1. The molecule has 1 aliphatic rings. The van der Waals surface area contributed by atoms with E-state index in [0.717, 1.165) is 0 Å². The van der Waals surface area contributed by atoms with Crippen LogP contribution in [0.25, 0.3) is 0 Å². The minimum atomic E-state index is -0.976. The lowest BCUT2D eigenvalue weighted by atomic mass is 10.1. The summed E-state index contributed by atoms with van der Waals surface area (Å²) in [5.74, 6) is -3.02. The van der Waals surface area contributed by atoms with Crippen molar-refractivity contribution < 1.29 is 19.1 Å². The molecule has 0 aromatic heterocycles. The Bertz CT molecular complexity index is 582. The molecule has 21 heavy (non-hydrogen) atoms. The van der Waals surface area contributed by atoms with Crippen molar-refractivity contribution in [2.75, 3.05) is 7.05 Å². The molecular weight excluding hydrogens is 297 g/mol. The summed E-state index contributed by atoms with van der Waals surface area (Å²) in [6.07, 6.45) is 0. The fourth-order valence-electron chi connectivity index (χ4n) is 2.80. The number of halogens is 2. The minimum Gasteiger partial charge on any atom is -0.481 e. The molecule has 1 N–H and O–H groups in total. The topological polar surface area (TPSA) is 57.6 Å². The van der Waals surface area contributed by atoms with E-state index >= 15 is 0 Å². The molecule has 1 aromatic carbocycles. The minimum absolute atomic E-state index is 0.0171. The van der Waals surface area contributed by atoms with Crippen LogP contribution in [0.2, 0.25) is 5.02 Å². The van der Waals surface area contributed by atoms with Crippen LogP contribution in [0.3, 0.4) is 0 Å². The van der Waals surface area contributed by atoms with E-state index in [0.29, 0.717) is 0 Å². The molecule has 0 aliphatic heterocycles. The van der Waals surface area contributed by atoms with Gasteiger partial charge in [0, 0.05) is 24.2 Å². The van der Waals surface area contributed by atoms with Crippen LogP contribution in [-0.2, 0) is 16.1 Å². The molecule has 0 saturated heterocycles. The third kappa shape index (κ3) is 2.75. The predicted molar refractivity (Wildman–Crippen MR) is 76.3 cm³/mol. The molecule has 1 saturated carbocycles. The average molecular weight is 314 g/mol. The van der Waals surface area contributed by atoms with Crippen molar-refractivity contribution in [2.45, 2.75) is 20.4 Å². The highest BCUT2D eigenvalue weighted by atomic mass is 35.5. The van der Waals surface area contributed by atoms with Crippen molar-refractivity contribution in [1.29, 1.82) is 0 Å². The lowest BCUT2D eigenvalue weighted by Gasteiger charge is -2.19. The SMILES string of the molecule is CN(Cc1c(F)cccc1Cl)C(=O)C1C(C(=O)O)C1(C)C. The van der Waals surface area contributed by atoms with E-state index in [-0.39, 0.29) is 23.0 Å². The highest BCUT2D eigenvalue weighted by Gasteiger charge is 2.66. The molecule has 1 aliphatic carbocycles. The molecule has 0 spiro atoms. The van der Waals surface area contributed by atoms with Crippen molar-refractivity contribution in [2.24, 2.45) is 17.3 Å². The first kappa shape index (κ1) is 15.8. The zero-order valence-electron chi connectivity index (χ0n) is 12.1. The van der Waals surface area contributed by atoms with E-state index in [1.807, 2.05) is 0 Å². The van der Waals surface area contributed by atoms with Crippen LogP contribution in [0.4, 0.5) is 4.39 Å². The van der Waals surface area contributed by atoms with Crippen LogP contribution in [0.5, 0.6) is 0 Å². The second-order valence-electron chi connectivity index (χ2n) is 6.01. The highest BCUT2D eigenvalue weighted by Crippen LogP contribution is 2.59. The summed E-state index contributed by atoms with van der Waals surface area (Å²) < 4.78 is 13.7. The second-order valence-corrected chi connectivity index (χ2v) is 6.42. The van der Waals surface area contributed by atoms with Crippen molar-refractivity contribution >= 4 is 23.5 Å². The largest absolute Gasteiger partial charge is 0.481 e. The lowest BCUT2D eigenvalue weighted by molar-refractivity contribution is -0.141. The van der Waals surface area contributed by atoms with E-state index in [9.17, 15) is 14.0 Å². The third-order valence-electron chi connectivity index (χ3n) is 4.19. The van der Waals surface area contributed by atoms with Gasteiger partial charge in [-0.15, -0.1) is 0 Å². The van der Waals surface area contributed by atoms with Gasteiger partial charge in [0.1, 0.15) is 5.82 Å². The number of carboxylic acids is 1. The maximum absolute atomic E-state index is 13.7. The molecule has 2 rings (SSSR count). The van der Waals surface area contributed by atoms with Gasteiger partial charge in [0.05, 0.1) is 11.8 Å². The Balaban J connectivity index is 2.13. The zero-order chi connectivity index (χ0) is 15.9. The molecule has 6 heteroatoms. The maximum atomic E-state index is 13.7. The summed E-state index contributed by atoms with van der Waals surface area (Å²) >= 11 is 5.94. The van der Waals surface area contributed by atoms with Crippen molar-refractivity contribution in [1.82, 2.24) is 4.90 Å². The molecule has 0 bridgehead atoms. The van der Waals surface area contributed by atoms with Gasteiger partial charge in [-0.05, 0) is 17.5 Å². The van der Waals surface area contributed by atoms with Gasteiger partial charge in [0.2, 0.25) is 5.91 Å². The van der Waals surface area contributed by atoms with Crippen molar-refractivity contribution in [3.8, 4) is 0 Å². The van der Waals surface area contributed by atoms with Gasteiger partial charge in [-0.3, -0.25) is 9.59 Å². The number of hydrogen-bond acceptors (Lipinski definition) is 2. The van der Waals surface area contributed by atoms with E-state index in [1.54, 1.807) is 19.9 Å². The molecule has 2 atom stereocenters. The highest BCUT2D eigenvalue weighted by molar-refractivity contribution is 6.31. The normalized spacial score (nSPS) is 22.7.